The molecule has 0 rings (SSSR count). The van der Waals surface area contributed by atoms with Crippen molar-refractivity contribution in [3.05, 3.63) is 0 Å². The van der Waals surface area contributed by atoms with Gasteiger partial charge in [0.05, 0.1) is 13.2 Å². The summed E-state index contributed by atoms with van der Waals surface area (Å²) in [5.74, 6) is -0.783. The fraction of sp³-hybridized carbons (Fsp3) is 0.952. The molecule has 304 valence electrons. The predicted molar refractivity (Wildman–Crippen MR) is 212 cm³/mol. The number of phosphoric ester groups is 1. The lowest BCUT2D eigenvalue weighted by atomic mass is 10.0. The van der Waals surface area contributed by atoms with Crippen LogP contribution in [0.1, 0.15) is 233 Å². The molecule has 0 bridgehead atoms. The number of hydrogen-bond donors (Lipinski definition) is 1. The first-order valence-electron chi connectivity index (χ1n) is 21.8. The van der Waals surface area contributed by atoms with Gasteiger partial charge in [-0.1, -0.05) is 200 Å². The standard InChI is InChI=1S/C42H83O8P/c1-4-7-9-11-13-15-17-18-19-20-21-22-23-24-25-27-29-31-33-35-37-42(44)50-40(39-49-51(45,46)48-6-3)38-47-41(43)36-34-32-30-28-26-16-14-12-10-8-5-2/h40H,4-39H2,1-3H3,(H,45,46). The summed E-state index contributed by atoms with van der Waals surface area (Å²) in [6, 6.07) is 0. The molecule has 0 aliphatic carbocycles. The van der Waals surface area contributed by atoms with Crippen LogP contribution in [0.3, 0.4) is 0 Å². The Labute approximate surface area is 315 Å². The van der Waals surface area contributed by atoms with Crippen LogP contribution in [0.2, 0.25) is 0 Å². The molecule has 0 saturated heterocycles. The fourth-order valence-electron chi connectivity index (χ4n) is 6.45. The Balaban J connectivity index is 3.97. The molecule has 0 radical (unpaired) electrons. The predicted octanol–water partition coefficient (Wildman–Crippen LogP) is 13.5. The van der Waals surface area contributed by atoms with Crippen LogP contribution in [0.5, 0.6) is 0 Å². The molecule has 0 saturated carbocycles. The molecule has 51 heavy (non-hydrogen) atoms. The van der Waals surface area contributed by atoms with Gasteiger partial charge < -0.3 is 14.4 Å². The van der Waals surface area contributed by atoms with Crippen molar-refractivity contribution in [3.63, 3.8) is 0 Å². The van der Waals surface area contributed by atoms with E-state index in [0.29, 0.717) is 6.42 Å². The topological polar surface area (TPSA) is 108 Å². The molecule has 0 aromatic rings. The zero-order valence-electron chi connectivity index (χ0n) is 33.8. The van der Waals surface area contributed by atoms with E-state index in [2.05, 4.69) is 13.8 Å². The molecule has 0 aliphatic rings. The van der Waals surface area contributed by atoms with Gasteiger partial charge in [0.1, 0.15) is 6.61 Å². The lowest BCUT2D eigenvalue weighted by Crippen LogP contribution is -2.29. The lowest BCUT2D eigenvalue weighted by Gasteiger charge is -2.19. The minimum atomic E-state index is -4.27. The third kappa shape index (κ3) is 38.6. The number of carbonyl (C=O) groups is 2. The molecule has 0 fully saturated rings. The molecule has 0 aromatic heterocycles. The second-order valence-corrected chi connectivity index (χ2v) is 16.2. The van der Waals surface area contributed by atoms with Crippen LogP contribution in [0, 0.1) is 0 Å². The molecule has 0 heterocycles. The Morgan fingerprint density at radius 2 is 0.765 bits per heavy atom. The van der Waals surface area contributed by atoms with Crippen molar-refractivity contribution in [2.75, 3.05) is 19.8 Å². The van der Waals surface area contributed by atoms with Gasteiger partial charge in [-0.25, -0.2) is 4.57 Å². The molecular formula is C42H83O8P. The highest BCUT2D eigenvalue weighted by Crippen LogP contribution is 2.43. The highest BCUT2D eigenvalue weighted by Gasteiger charge is 2.25. The highest BCUT2D eigenvalue weighted by molar-refractivity contribution is 7.47. The van der Waals surface area contributed by atoms with E-state index in [0.717, 1.165) is 38.5 Å². The van der Waals surface area contributed by atoms with Gasteiger partial charge in [-0.05, 0) is 19.8 Å². The summed E-state index contributed by atoms with van der Waals surface area (Å²) in [4.78, 5) is 34.7. The van der Waals surface area contributed by atoms with Gasteiger partial charge in [0.2, 0.25) is 0 Å². The normalized spacial score (nSPS) is 13.3. The summed E-state index contributed by atoms with van der Waals surface area (Å²) < 4.78 is 32.6. The van der Waals surface area contributed by atoms with Crippen molar-refractivity contribution in [2.24, 2.45) is 0 Å². The molecule has 0 aromatic carbocycles. The number of ether oxygens (including phenoxy) is 2. The largest absolute Gasteiger partial charge is 0.472 e. The van der Waals surface area contributed by atoms with Gasteiger partial charge in [0, 0.05) is 12.8 Å². The van der Waals surface area contributed by atoms with Crippen molar-refractivity contribution in [2.45, 2.75) is 239 Å². The summed E-state index contributed by atoms with van der Waals surface area (Å²) in [6.45, 7) is 5.51. The first kappa shape index (κ1) is 50.1. The van der Waals surface area contributed by atoms with E-state index in [9.17, 15) is 19.0 Å². The first-order valence-corrected chi connectivity index (χ1v) is 23.3. The van der Waals surface area contributed by atoms with Crippen LogP contribution in [0.15, 0.2) is 0 Å². The smallest absolute Gasteiger partial charge is 0.462 e. The number of rotatable bonds is 41. The van der Waals surface area contributed by atoms with E-state index < -0.39 is 19.9 Å². The minimum absolute atomic E-state index is 0.00557. The van der Waals surface area contributed by atoms with Gasteiger partial charge in [0.15, 0.2) is 6.10 Å². The van der Waals surface area contributed by atoms with Crippen molar-refractivity contribution in [1.82, 2.24) is 0 Å². The lowest BCUT2D eigenvalue weighted by molar-refractivity contribution is -0.161. The van der Waals surface area contributed by atoms with Crippen molar-refractivity contribution >= 4 is 19.8 Å². The SMILES string of the molecule is CCCCCCCCCCCCCCCCCCCCCCC(=O)OC(COC(=O)CCCCCCCCCCCCC)COP(=O)(O)OCC. The molecule has 8 nitrogen and oxygen atoms in total. The summed E-state index contributed by atoms with van der Waals surface area (Å²) in [6.07, 6.45) is 38.7. The van der Waals surface area contributed by atoms with Crippen LogP contribution in [-0.4, -0.2) is 42.8 Å². The number of unbranched alkanes of at least 4 members (excludes halogenated alkanes) is 29. The monoisotopic (exact) mass is 747 g/mol. The quantitative estimate of drug-likeness (QED) is 0.0374. The van der Waals surface area contributed by atoms with Gasteiger partial charge in [-0.3, -0.25) is 18.6 Å². The third-order valence-corrected chi connectivity index (χ3v) is 10.7. The first-order chi connectivity index (χ1) is 24.8. The van der Waals surface area contributed by atoms with Crippen molar-refractivity contribution in [3.8, 4) is 0 Å². The van der Waals surface area contributed by atoms with Crippen molar-refractivity contribution < 1.29 is 37.6 Å². The Bertz CT molecular complexity index is 808. The second-order valence-electron chi connectivity index (χ2n) is 14.7. The van der Waals surface area contributed by atoms with E-state index in [1.807, 2.05) is 0 Å². The van der Waals surface area contributed by atoms with Gasteiger partial charge >= 0.3 is 19.8 Å². The van der Waals surface area contributed by atoms with Crippen LogP contribution in [0.4, 0.5) is 0 Å². The van der Waals surface area contributed by atoms with Gasteiger partial charge in [-0.15, -0.1) is 0 Å². The summed E-state index contributed by atoms with van der Waals surface area (Å²) >= 11 is 0. The number of hydrogen-bond acceptors (Lipinski definition) is 7. The molecule has 1 N–H and O–H groups in total. The molecule has 9 heteroatoms. The molecule has 2 atom stereocenters. The van der Waals surface area contributed by atoms with E-state index in [4.69, 9.17) is 18.5 Å². The molecule has 0 amide bonds. The summed E-state index contributed by atoms with van der Waals surface area (Å²) in [5.41, 5.74) is 0. The van der Waals surface area contributed by atoms with E-state index in [1.165, 1.54) is 161 Å². The molecule has 0 aliphatic heterocycles. The number of phosphoric acid groups is 1. The van der Waals surface area contributed by atoms with Crippen LogP contribution in [0.25, 0.3) is 0 Å². The van der Waals surface area contributed by atoms with E-state index in [-0.39, 0.29) is 32.2 Å². The maximum atomic E-state index is 12.5. The van der Waals surface area contributed by atoms with Crippen LogP contribution >= 0.6 is 7.82 Å². The summed E-state index contributed by atoms with van der Waals surface area (Å²) in [7, 11) is -4.27. The second kappa shape index (κ2) is 38.8. The molecule has 2 unspecified atom stereocenters. The van der Waals surface area contributed by atoms with Crippen LogP contribution < -0.4 is 0 Å². The maximum Gasteiger partial charge on any atom is 0.472 e. The summed E-state index contributed by atoms with van der Waals surface area (Å²) in [5, 5.41) is 0. The fourth-order valence-corrected chi connectivity index (χ4v) is 7.21. The van der Waals surface area contributed by atoms with Crippen molar-refractivity contribution in [1.29, 1.82) is 0 Å². The van der Waals surface area contributed by atoms with Crippen LogP contribution in [-0.2, 0) is 32.7 Å². The van der Waals surface area contributed by atoms with E-state index in [1.54, 1.807) is 6.92 Å². The Morgan fingerprint density at radius 3 is 1.10 bits per heavy atom. The third-order valence-electron chi connectivity index (χ3n) is 9.66. The Hall–Kier alpha value is -0.950. The molecular weight excluding hydrogens is 663 g/mol. The van der Waals surface area contributed by atoms with Gasteiger partial charge in [0.25, 0.3) is 0 Å². The maximum absolute atomic E-state index is 12.5. The Kier molecular flexibility index (Phi) is 38.0. The number of carbonyl (C=O) groups excluding carboxylic acids is 2. The minimum Gasteiger partial charge on any atom is -0.462 e. The highest BCUT2D eigenvalue weighted by atomic mass is 31.2. The van der Waals surface area contributed by atoms with E-state index >= 15 is 0 Å². The number of esters is 2. The molecule has 0 spiro atoms. The average molecular weight is 747 g/mol. The van der Waals surface area contributed by atoms with Gasteiger partial charge in [-0.2, -0.15) is 0 Å². The average Bonchev–Trinajstić information content (AvgIpc) is 3.10. The Morgan fingerprint density at radius 1 is 0.451 bits per heavy atom. The zero-order valence-corrected chi connectivity index (χ0v) is 34.7. The zero-order chi connectivity index (χ0) is 37.5.